The van der Waals surface area contributed by atoms with Gasteiger partial charge in [0.1, 0.15) is 5.75 Å². The quantitative estimate of drug-likeness (QED) is 0.878. The third-order valence-electron chi connectivity index (χ3n) is 3.48. The van der Waals surface area contributed by atoms with Gasteiger partial charge in [-0.15, -0.1) is 0 Å². The van der Waals surface area contributed by atoms with Crippen LogP contribution in [0.2, 0.25) is 0 Å². The van der Waals surface area contributed by atoms with E-state index in [1.807, 2.05) is 0 Å². The van der Waals surface area contributed by atoms with Crippen molar-refractivity contribution in [1.29, 1.82) is 0 Å². The van der Waals surface area contributed by atoms with Crippen LogP contribution in [0.5, 0.6) is 5.75 Å². The molecule has 0 atom stereocenters. The van der Waals surface area contributed by atoms with Gasteiger partial charge >= 0.3 is 0 Å². The molecule has 2 rings (SSSR count). The van der Waals surface area contributed by atoms with E-state index in [-0.39, 0.29) is 5.41 Å². The highest BCUT2D eigenvalue weighted by atomic mass is 16.5. The van der Waals surface area contributed by atoms with E-state index in [0.29, 0.717) is 0 Å². The molecule has 0 saturated heterocycles. The molecule has 0 unspecified atom stereocenters. The number of rotatable bonds is 4. The molecule has 0 amide bonds. The van der Waals surface area contributed by atoms with Gasteiger partial charge in [-0.25, -0.2) is 0 Å². The average molecular weight is 247 g/mol. The van der Waals surface area contributed by atoms with Crippen LogP contribution in [-0.4, -0.2) is 13.2 Å². The molecular formula is C16H25NO. The van der Waals surface area contributed by atoms with Crippen LogP contribution in [0, 0.1) is 6.92 Å². The van der Waals surface area contributed by atoms with E-state index in [9.17, 15) is 0 Å². The first kappa shape index (κ1) is 13.4. The first-order valence-corrected chi connectivity index (χ1v) is 6.83. The lowest BCUT2D eigenvalue weighted by Gasteiger charge is -2.25. The molecule has 0 aliphatic heterocycles. The summed E-state index contributed by atoms with van der Waals surface area (Å²) >= 11 is 0. The van der Waals surface area contributed by atoms with Crippen LogP contribution in [0.25, 0.3) is 0 Å². The Balaban J connectivity index is 2.33. The van der Waals surface area contributed by atoms with Gasteiger partial charge in [-0.2, -0.15) is 0 Å². The predicted octanol–water partition coefficient (Wildman–Crippen LogP) is 3.55. The van der Waals surface area contributed by atoms with Crippen molar-refractivity contribution in [2.24, 2.45) is 0 Å². The number of nitrogens with one attached hydrogen (secondary N) is 1. The Kier molecular flexibility index (Phi) is 3.67. The molecule has 0 heterocycles. The minimum Gasteiger partial charge on any atom is -0.496 e. The topological polar surface area (TPSA) is 21.3 Å². The fourth-order valence-corrected chi connectivity index (χ4v) is 2.32. The van der Waals surface area contributed by atoms with Gasteiger partial charge in [0, 0.05) is 23.7 Å². The first-order valence-electron chi connectivity index (χ1n) is 6.83. The Morgan fingerprint density at radius 2 is 1.94 bits per heavy atom. The maximum atomic E-state index is 5.67. The van der Waals surface area contributed by atoms with Gasteiger partial charge in [0.15, 0.2) is 0 Å². The molecule has 0 radical (unpaired) electrons. The Labute approximate surface area is 111 Å². The molecule has 1 aliphatic carbocycles. The largest absolute Gasteiger partial charge is 0.496 e. The van der Waals surface area contributed by atoms with Crippen LogP contribution in [-0.2, 0) is 12.0 Å². The normalized spacial score (nSPS) is 15.8. The molecule has 2 nitrogen and oxygen atoms in total. The highest BCUT2D eigenvalue weighted by molar-refractivity contribution is 5.47. The first-order chi connectivity index (χ1) is 8.41. The van der Waals surface area contributed by atoms with Crippen LogP contribution in [0.3, 0.4) is 0 Å². The highest BCUT2D eigenvalue weighted by Gasteiger charge is 2.24. The third kappa shape index (κ3) is 3.05. The molecule has 2 heteroatoms. The summed E-state index contributed by atoms with van der Waals surface area (Å²) in [5.41, 5.74) is 4.02. The molecular weight excluding hydrogens is 222 g/mol. The van der Waals surface area contributed by atoms with Gasteiger partial charge in [0.25, 0.3) is 0 Å². The molecule has 0 bridgehead atoms. The second-order valence-corrected chi connectivity index (χ2v) is 6.41. The minimum absolute atomic E-state index is 0.117. The molecule has 1 aromatic rings. The summed E-state index contributed by atoms with van der Waals surface area (Å²) in [4.78, 5) is 0. The van der Waals surface area contributed by atoms with Crippen molar-refractivity contribution in [2.75, 3.05) is 7.11 Å². The predicted molar refractivity (Wildman–Crippen MR) is 76.3 cm³/mol. The van der Waals surface area contributed by atoms with Crippen LogP contribution >= 0.6 is 0 Å². The molecule has 1 fully saturated rings. The lowest BCUT2D eigenvalue weighted by Crippen LogP contribution is -2.19. The van der Waals surface area contributed by atoms with Crippen LogP contribution in [0.4, 0.5) is 0 Å². The SMILES string of the molecule is COc1c(CNC2CC2)cc(C)cc1C(C)(C)C. The summed E-state index contributed by atoms with van der Waals surface area (Å²) in [6.07, 6.45) is 2.64. The van der Waals surface area contributed by atoms with Crippen molar-refractivity contribution in [3.63, 3.8) is 0 Å². The maximum Gasteiger partial charge on any atom is 0.127 e. The van der Waals surface area contributed by atoms with E-state index >= 15 is 0 Å². The van der Waals surface area contributed by atoms with Gasteiger partial charge in [-0.3, -0.25) is 0 Å². The fraction of sp³-hybridized carbons (Fsp3) is 0.625. The Morgan fingerprint density at radius 3 is 2.44 bits per heavy atom. The van der Waals surface area contributed by atoms with Gasteiger partial charge in [-0.1, -0.05) is 38.5 Å². The molecule has 0 aromatic heterocycles. The number of aryl methyl sites for hydroxylation is 1. The molecule has 0 spiro atoms. The number of hydrogen-bond donors (Lipinski definition) is 1. The summed E-state index contributed by atoms with van der Waals surface area (Å²) in [7, 11) is 1.78. The Morgan fingerprint density at radius 1 is 1.28 bits per heavy atom. The smallest absolute Gasteiger partial charge is 0.127 e. The lowest BCUT2D eigenvalue weighted by atomic mass is 9.84. The van der Waals surface area contributed by atoms with Gasteiger partial charge in [0.2, 0.25) is 0 Å². The summed E-state index contributed by atoms with van der Waals surface area (Å²) in [5.74, 6) is 1.06. The van der Waals surface area contributed by atoms with E-state index in [2.05, 4.69) is 45.1 Å². The van der Waals surface area contributed by atoms with Crippen LogP contribution in [0.15, 0.2) is 12.1 Å². The number of benzene rings is 1. The second kappa shape index (κ2) is 4.93. The van der Waals surface area contributed by atoms with Gasteiger partial charge < -0.3 is 10.1 Å². The third-order valence-corrected chi connectivity index (χ3v) is 3.48. The van der Waals surface area contributed by atoms with Gasteiger partial charge in [-0.05, 0) is 25.2 Å². The second-order valence-electron chi connectivity index (χ2n) is 6.41. The zero-order chi connectivity index (χ0) is 13.3. The molecule has 1 aliphatic rings. The number of ether oxygens (including phenoxy) is 1. The van der Waals surface area contributed by atoms with Crippen molar-refractivity contribution < 1.29 is 4.74 Å². The zero-order valence-electron chi connectivity index (χ0n) is 12.3. The van der Waals surface area contributed by atoms with Crippen molar-refractivity contribution in [2.45, 2.75) is 58.5 Å². The summed E-state index contributed by atoms with van der Waals surface area (Å²) in [6, 6.07) is 5.22. The molecule has 18 heavy (non-hydrogen) atoms. The zero-order valence-corrected chi connectivity index (χ0v) is 12.3. The minimum atomic E-state index is 0.117. The van der Waals surface area contributed by atoms with Crippen molar-refractivity contribution in [1.82, 2.24) is 5.32 Å². The van der Waals surface area contributed by atoms with E-state index in [0.717, 1.165) is 18.3 Å². The van der Waals surface area contributed by atoms with Gasteiger partial charge in [0.05, 0.1) is 7.11 Å². The van der Waals surface area contributed by atoms with Crippen molar-refractivity contribution >= 4 is 0 Å². The number of methoxy groups -OCH3 is 1. The lowest BCUT2D eigenvalue weighted by molar-refractivity contribution is 0.390. The average Bonchev–Trinajstić information content (AvgIpc) is 3.08. The van der Waals surface area contributed by atoms with E-state index in [1.54, 1.807) is 7.11 Å². The highest BCUT2D eigenvalue weighted by Crippen LogP contribution is 2.35. The van der Waals surface area contributed by atoms with Crippen LogP contribution < -0.4 is 10.1 Å². The monoisotopic (exact) mass is 247 g/mol. The molecule has 1 aromatic carbocycles. The summed E-state index contributed by atoms with van der Waals surface area (Å²) in [5, 5.41) is 3.57. The standard InChI is InChI=1S/C16H25NO/c1-11-8-12(10-17-13-6-7-13)15(18-5)14(9-11)16(2,3)4/h8-9,13,17H,6-7,10H2,1-5H3. The Hall–Kier alpha value is -1.02. The van der Waals surface area contributed by atoms with E-state index in [1.165, 1.54) is 29.5 Å². The molecule has 1 saturated carbocycles. The molecule has 1 N–H and O–H groups in total. The van der Waals surface area contributed by atoms with Crippen LogP contribution in [0.1, 0.15) is 50.3 Å². The molecule has 100 valence electrons. The summed E-state index contributed by atoms with van der Waals surface area (Å²) in [6.45, 7) is 9.79. The fourth-order valence-electron chi connectivity index (χ4n) is 2.32. The van der Waals surface area contributed by atoms with Crippen molar-refractivity contribution in [3.8, 4) is 5.75 Å². The summed E-state index contributed by atoms with van der Waals surface area (Å²) < 4.78 is 5.67. The number of hydrogen-bond acceptors (Lipinski definition) is 2. The van der Waals surface area contributed by atoms with E-state index < -0.39 is 0 Å². The Bertz CT molecular complexity index is 427. The van der Waals surface area contributed by atoms with Crippen molar-refractivity contribution in [3.05, 3.63) is 28.8 Å². The maximum absolute atomic E-state index is 5.67. The van der Waals surface area contributed by atoms with E-state index in [4.69, 9.17) is 4.74 Å².